The molecule has 0 heterocycles. The van der Waals surface area contributed by atoms with E-state index in [1.807, 2.05) is 6.92 Å². The summed E-state index contributed by atoms with van der Waals surface area (Å²) in [6.45, 7) is 1.81. The highest BCUT2D eigenvalue weighted by Gasteiger charge is 2.13. The van der Waals surface area contributed by atoms with Crippen LogP contribution in [0, 0.1) is 18.6 Å². The van der Waals surface area contributed by atoms with Crippen molar-refractivity contribution < 1.29 is 13.6 Å². The zero-order valence-electron chi connectivity index (χ0n) is 10.9. The third-order valence-corrected chi connectivity index (χ3v) is 2.95. The summed E-state index contributed by atoms with van der Waals surface area (Å²) < 4.78 is 26.9. The first-order valence-electron chi connectivity index (χ1n) is 6.06. The fourth-order valence-electron chi connectivity index (χ4n) is 1.82. The maximum absolute atomic E-state index is 13.4. The molecule has 2 rings (SSSR count). The number of amides is 1. The Balaban J connectivity index is 2.11. The van der Waals surface area contributed by atoms with Crippen LogP contribution in [0.5, 0.6) is 0 Å². The van der Waals surface area contributed by atoms with Crippen molar-refractivity contribution in [1.82, 2.24) is 0 Å². The Labute approximate surface area is 115 Å². The van der Waals surface area contributed by atoms with Crippen molar-refractivity contribution in [3.8, 4) is 0 Å². The van der Waals surface area contributed by atoms with E-state index in [1.54, 1.807) is 18.2 Å². The van der Waals surface area contributed by atoms with E-state index in [1.165, 1.54) is 6.07 Å². The number of nitrogens with one attached hydrogen (secondary N) is 1. The molecule has 0 fully saturated rings. The lowest BCUT2D eigenvalue weighted by Crippen LogP contribution is -2.16. The monoisotopic (exact) mass is 276 g/mol. The van der Waals surface area contributed by atoms with Crippen LogP contribution >= 0.6 is 0 Å². The van der Waals surface area contributed by atoms with Gasteiger partial charge in [-0.1, -0.05) is 6.07 Å². The first-order valence-corrected chi connectivity index (χ1v) is 6.06. The Kier molecular flexibility index (Phi) is 3.98. The number of hydrogen-bond acceptors (Lipinski definition) is 2. The van der Waals surface area contributed by atoms with Crippen molar-refractivity contribution in [2.24, 2.45) is 0 Å². The summed E-state index contributed by atoms with van der Waals surface area (Å²) in [7, 11) is 0. The summed E-state index contributed by atoms with van der Waals surface area (Å²) in [5.41, 5.74) is 7.41. The summed E-state index contributed by atoms with van der Waals surface area (Å²) in [6, 6.07) is 8.50. The third kappa shape index (κ3) is 3.12. The summed E-state index contributed by atoms with van der Waals surface area (Å²) in [6.07, 6.45) is -0.359. The minimum Gasteiger partial charge on any atom is -0.399 e. The van der Waals surface area contributed by atoms with Crippen molar-refractivity contribution in [1.29, 1.82) is 0 Å². The number of benzene rings is 2. The largest absolute Gasteiger partial charge is 0.399 e. The average Bonchev–Trinajstić information content (AvgIpc) is 2.38. The molecule has 0 bridgehead atoms. The Hall–Kier alpha value is -2.43. The fourth-order valence-corrected chi connectivity index (χ4v) is 1.82. The summed E-state index contributed by atoms with van der Waals surface area (Å²) in [4.78, 5) is 11.8. The fraction of sp³-hybridized carbons (Fsp3) is 0.133. The van der Waals surface area contributed by atoms with Gasteiger partial charge in [0.05, 0.1) is 6.42 Å². The number of halogens is 2. The number of nitrogens with two attached hydrogens (primary N) is 1. The van der Waals surface area contributed by atoms with Crippen molar-refractivity contribution in [3.63, 3.8) is 0 Å². The highest BCUT2D eigenvalue weighted by atomic mass is 19.1. The van der Waals surface area contributed by atoms with Crippen LogP contribution in [0.4, 0.5) is 20.2 Å². The molecule has 0 saturated carbocycles. The topological polar surface area (TPSA) is 55.1 Å². The van der Waals surface area contributed by atoms with Gasteiger partial charge in [-0.2, -0.15) is 0 Å². The molecular formula is C15H14F2N2O. The lowest BCUT2D eigenvalue weighted by molar-refractivity contribution is -0.115. The van der Waals surface area contributed by atoms with E-state index in [4.69, 9.17) is 5.73 Å². The summed E-state index contributed by atoms with van der Waals surface area (Å²) in [5.74, 6) is -1.94. The minimum atomic E-state index is -0.728. The highest BCUT2D eigenvalue weighted by Crippen LogP contribution is 2.18. The zero-order valence-corrected chi connectivity index (χ0v) is 10.9. The quantitative estimate of drug-likeness (QED) is 0.847. The Morgan fingerprint density at radius 3 is 2.45 bits per heavy atom. The molecule has 2 aromatic rings. The Morgan fingerprint density at radius 1 is 1.20 bits per heavy atom. The van der Waals surface area contributed by atoms with Gasteiger partial charge in [-0.3, -0.25) is 4.79 Å². The number of aryl methyl sites for hydroxylation is 1. The van der Waals surface area contributed by atoms with Gasteiger partial charge in [0.15, 0.2) is 0 Å². The van der Waals surface area contributed by atoms with Crippen molar-refractivity contribution in [2.45, 2.75) is 13.3 Å². The van der Waals surface area contributed by atoms with E-state index >= 15 is 0 Å². The van der Waals surface area contributed by atoms with Gasteiger partial charge in [0.1, 0.15) is 11.6 Å². The number of carbonyl (C=O) groups is 1. The maximum atomic E-state index is 13.4. The molecule has 104 valence electrons. The van der Waals surface area contributed by atoms with E-state index in [9.17, 15) is 13.6 Å². The number of anilines is 2. The SMILES string of the molecule is Cc1cc(NC(=O)Cc2c(F)cccc2F)ccc1N. The van der Waals surface area contributed by atoms with Gasteiger partial charge in [-0.15, -0.1) is 0 Å². The van der Waals surface area contributed by atoms with Gasteiger partial charge in [0.2, 0.25) is 5.91 Å². The number of rotatable bonds is 3. The maximum Gasteiger partial charge on any atom is 0.229 e. The Morgan fingerprint density at radius 2 is 1.85 bits per heavy atom. The van der Waals surface area contributed by atoms with Crippen molar-refractivity contribution >= 4 is 17.3 Å². The molecule has 0 atom stereocenters. The predicted molar refractivity (Wildman–Crippen MR) is 74.3 cm³/mol. The normalized spacial score (nSPS) is 10.3. The van der Waals surface area contributed by atoms with Gasteiger partial charge in [-0.05, 0) is 42.8 Å². The van der Waals surface area contributed by atoms with Gasteiger partial charge in [-0.25, -0.2) is 8.78 Å². The van der Waals surface area contributed by atoms with Crippen LogP contribution in [0.2, 0.25) is 0 Å². The van der Waals surface area contributed by atoms with Gasteiger partial charge in [0.25, 0.3) is 0 Å². The molecule has 0 aliphatic carbocycles. The number of nitrogen functional groups attached to an aromatic ring is 1. The lowest BCUT2D eigenvalue weighted by Gasteiger charge is -2.08. The van der Waals surface area contributed by atoms with Crippen LogP contribution < -0.4 is 11.1 Å². The molecule has 0 saturated heterocycles. The second kappa shape index (κ2) is 5.69. The zero-order chi connectivity index (χ0) is 14.7. The number of carbonyl (C=O) groups excluding carboxylic acids is 1. The van der Waals surface area contributed by atoms with Crippen LogP contribution in [-0.2, 0) is 11.2 Å². The summed E-state index contributed by atoms with van der Waals surface area (Å²) in [5, 5.41) is 2.59. The van der Waals surface area contributed by atoms with Gasteiger partial charge >= 0.3 is 0 Å². The molecule has 5 heteroatoms. The van der Waals surface area contributed by atoms with Crippen molar-refractivity contribution in [2.75, 3.05) is 11.1 Å². The Bertz CT molecular complexity index is 636. The van der Waals surface area contributed by atoms with E-state index in [2.05, 4.69) is 5.32 Å². The van der Waals surface area contributed by atoms with Crippen LogP contribution in [0.15, 0.2) is 36.4 Å². The smallest absolute Gasteiger partial charge is 0.229 e. The standard InChI is InChI=1S/C15H14F2N2O/c1-9-7-10(5-6-14(9)18)19-15(20)8-11-12(16)3-2-4-13(11)17/h2-7H,8,18H2,1H3,(H,19,20). The second-order valence-electron chi connectivity index (χ2n) is 4.50. The molecule has 0 aliphatic heterocycles. The molecule has 0 unspecified atom stereocenters. The van der Waals surface area contributed by atoms with E-state index in [0.29, 0.717) is 11.4 Å². The minimum absolute atomic E-state index is 0.239. The number of hydrogen-bond donors (Lipinski definition) is 2. The van der Waals surface area contributed by atoms with Gasteiger partial charge < -0.3 is 11.1 Å². The molecule has 3 N–H and O–H groups in total. The molecule has 0 radical (unpaired) electrons. The summed E-state index contributed by atoms with van der Waals surface area (Å²) >= 11 is 0. The average molecular weight is 276 g/mol. The van der Waals surface area contributed by atoms with Gasteiger partial charge in [0, 0.05) is 16.9 Å². The molecule has 0 aromatic heterocycles. The molecule has 1 amide bonds. The van der Waals surface area contributed by atoms with Crippen LogP contribution in [0.3, 0.4) is 0 Å². The van der Waals surface area contributed by atoms with E-state index in [0.717, 1.165) is 17.7 Å². The molecule has 0 aliphatic rings. The first-order chi connectivity index (χ1) is 9.47. The van der Waals surface area contributed by atoms with E-state index in [-0.39, 0.29) is 12.0 Å². The molecule has 0 spiro atoms. The van der Waals surface area contributed by atoms with Crippen LogP contribution in [-0.4, -0.2) is 5.91 Å². The second-order valence-corrected chi connectivity index (χ2v) is 4.50. The molecular weight excluding hydrogens is 262 g/mol. The molecule has 2 aromatic carbocycles. The first kappa shape index (κ1) is 14.0. The molecule has 20 heavy (non-hydrogen) atoms. The van der Waals surface area contributed by atoms with E-state index < -0.39 is 17.5 Å². The van der Waals surface area contributed by atoms with Crippen LogP contribution in [0.1, 0.15) is 11.1 Å². The lowest BCUT2D eigenvalue weighted by atomic mass is 10.1. The highest BCUT2D eigenvalue weighted by molar-refractivity contribution is 5.92. The third-order valence-electron chi connectivity index (χ3n) is 2.95. The predicted octanol–water partition coefficient (Wildman–Crippen LogP) is 3.04. The van der Waals surface area contributed by atoms with Crippen LogP contribution in [0.25, 0.3) is 0 Å². The van der Waals surface area contributed by atoms with Crippen molar-refractivity contribution in [3.05, 3.63) is 59.2 Å². The molecule has 3 nitrogen and oxygen atoms in total.